The molecule has 0 radical (unpaired) electrons. The predicted molar refractivity (Wildman–Crippen MR) is 79.2 cm³/mol. The Bertz CT molecular complexity index is 464. The summed E-state index contributed by atoms with van der Waals surface area (Å²) in [5.41, 5.74) is 2.59. The van der Waals surface area contributed by atoms with Crippen molar-refractivity contribution in [2.24, 2.45) is 0 Å². The van der Waals surface area contributed by atoms with E-state index in [1.807, 2.05) is 18.2 Å². The molecule has 0 aliphatic rings. The second-order valence-corrected chi connectivity index (χ2v) is 4.58. The standard InChI is InChI=1S/C17H21NO/c1-2-12-19-17-10-8-16(9-11-17)14-18-13-15-6-4-3-5-7-15/h3-11,18H,2,12-14H2,1H3. The highest BCUT2D eigenvalue weighted by molar-refractivity contribution is 5.27. The summed E-state index contributed by atoms with van der Waals surface area (Å²) in [6.45, 7) is 4.67. The van der Waals surface area contributed by atoms with Crippen LogP contribution in [0, 0.1) is 0 Å². The molecule has 0 heterocycles. The molecule has 19 heavy (non-hydrogen) atoms. The lowest BCUT2D eigenvalue weighted by Crippen LogP contribution is -2.12. The number of ether oxygens (including phenoxy) is 1. The maximum atomic E-state index is 5.56. The minimum absolute atomic E-state index is 0.783. The van der Waals surface area contributed by atoms with Gasteiger partial charge in [-0.3, -0.25) is 0 Å². The van der Waals surface area contributed by atoms with Crippen molar-refractivity contribution in [2.45, 2.75) is 26.4 Å². The molecule has 2 heteroatoms. The Hall–Kier alpha value is -1.80. The lowest BCUT2D eigenvalue weighted by Gasteiger charge is -2.07. The Labute approximate surface area is 115 Å². The third-order valence-electron chi connectivity index (χ3n) is 2.90. The fraction of sp³-hybridized carbons (Fsp3) is 0.294. The van der Waals surface area contributed by atoms with Gasteiger partial charge in [0.1, 0.15) is 5.75 Å². The molecule has 0 atom stereocenters. The van der Waals surface area contributed by atoms with Crippen LogP contribution >= 0.6 is 0 Å². The minimum Gasteiger partial charge on any atom is -0.494 e. The molecule has 0 saturated heterocycles. The van der Waals surface area contributed by atoms with Crippen LogP contribution < -0.4 is 10.1 Å². The molecular formula is C17H21NO. The maximum Gasteiger partial charge on any atom is 0.119 e. The Morgan fingerprint density at radius 2 is 1.47 bits per heavy atom. The summed E-state index contributed by atoms with van der Waals surface area (Å²) in [5.74, 6) is 0.952. The molecule has 2 rings (SSSR count). The quantitative estimate of drug-likeness (QED) is 0.813. The van der Waals surface area contributed by atoms with Crippen LogP contribution in [0.5, 0.6) is 5.75 Å². The highest BCUT2D eigenvalue weighted by Crippen LogP contribution is 2.12. The van der Waals surface area contributed by atoms with E-state index in [9.17, 15) is 0 Å². The van der Waals surface area contributed by atoms with Crippen molar-refractivity contribution >= 4 is 0 Å². The molecular weight excluding hydrogens is 234 g/mol. The molecule has 100 valence electrons. The van der Waals surface area contributed by atoms with Crippen LogP contribution in [0.15, 0.2) is 54.6 Å². The number of hydrogen-bond acceptors (Lipinski definition) is 2. The van der Waals surface area contributed by atoms with Crippen molar-refractivity contribution in [3.8, 4) is 5.75 Å². The van der Waals surface area contributed by atoms with Crippen LogP contribution in [0.1, 0.15) is 24.5 Å². The van der Waals surface area contributed by atoms with E-state index >= 15 is 0 Å². The SMILES string of the molecule is CCCOc1ccc(CNCc2ccccc2)cc1. The molecule has 0 fully saturated rings. The van der Waals surface area contributed by atoms with Crippen molar-refractivity contribution in [3.63, 3.8) is 0 Å². The van der Waals surface area contributed by atoms with Crippen LogP contribution in [0.3, 0.4) is 0 Å². The zero-order chi connectivity index (χ0) is 13.3. The van der Waals surface area contributed by atoms with Gasteiger partial charge in [-0.05, 0) is 29.7 Å². The van der Waals surface area contributed by atoms with Crippen molar-refractivity contribution in [1.82, 2.24) is 5.32 Å². The van der Waals surface area contributed by atoms with Gasteiger partial charge >= 0.3 is 0 Å². The van der Waals surface area contributed by atoms with Gasteiger partial charge in [0, 0.05) is 13.1 Å². The molecule has 2 aromatic carbocycles. The lowest BCUT2D eigenvalue weighted by molar-refractivity contribution is 0.317. The van der Waals surface area contributed by atoms with Gasteiger partial charge in [0.25, 0.3) is 0 Å². The molecule has 0 aromatic heterocycles. The van der Waals surface area contributed by atoms with Gasteiger partial charge < -0.3 is 10.1 Å². The largest absolute Gasteiger partial charge is 0.494 e. The van der Waals surface area contributed by atoms with Crippen molar-refractivity contribution in [1.29, 1.82) is 0 Å². The molecule has 0 spiro atoms. The first-order valence-electron chi connectivity index (χ1n) is 6.85. The van der Waals surface area contributed by atoms with Crippen LogP contribution in [-0.2, 0) is 13.1 Å². The number of benzene rings is 2. The summed E-state index contributed by atoms with van der Waals surface area (Å²) < 4.78 is 5.56. The summed E-state index contributed by atoms with van der Waals surface area (Å²) in [7, 11) is 0. The van der Waals surface area contributed by atoms with E-state index in [4.69, 9.17) is 4.74 Å². The van der Waals surface area contributed by atoms with E-state index in [2.05, 4.69) is 48.6 Å². The summed E-state index contributed by atoms with van der Waals surface area (Å²) >= 11 is 0. The highest BCUT2D eigenvalue weighted by atomic mass is 16.5. The minimum atomic E-state index is 0.783. The summed E-state index contributed by atoms with van der Waals surface area (Å²) in [5, 5.41) is 3.44. The maximum absolute atomic E-state index is 5.56. The molecule has 0 bridgehead atoms. The third-order valence-corrected chi connectivity index (χ3v) is 2.90. The lowest BCUT2D eigenvalue weighted by atomic mass is 10.2. The second-order valence-electron chi connectivity index (χ2n) is 4.58. The van der Waals surface area contributed by atoms with Gasteiger partial charge in [-0.2, -0.15) is 0 Å². The van der Waals surface area contributed by atoms with E-state index in [-0.39, 0.29) is 0 Å². The molecule has 0 saturated carbocycles. The monoisotopic (exact) mass is 255 g/mol. The van der Waals surface area contributed by atoms with E-state index in [0.29, 0.717) is 0 Å². The molecule has 2 aromatic rings. The fourth-order valence-corrected chi connectivity index (χ4v) is 1.87. The zero-order valence-corrected chi connectivity index (χ0v) is 11.4. The van der Waals surface area contributed by atoms with Gasteiger partial charge in [-0.25, -0.2) is 0 Å². The van der Waals surface area contributed by atoms with Gasteiger partial charge in [0.2, 0.25) is 0 Å². The van der Waals surface area contributed by atoms with Gasteiger partial charge in [-0.1, -0.05) is 49.4 Å². The first-order valence-corrected chi connectivity index (χ1v) is 6.85. The number of rotatable bonds is 7. The average Bonchev–Trinajstić information content (AvgIpc) is 2.47. The second kappa shape index (κ2) is 7.59. The predicted octanol–water partition coefficient (Wildman–Crippen LogP) is 3.77. The number of nitrogens with one attached hydrogen (secondary N) is 1. The first kappa shape index (κ1) is 13.6. The van der Waals surface area contributed by atoms with E-state index < -0.39 is 0 Å². The number of hydrogen-bond donors (Lipinski definition) is 1. The molecule has 1 N–H and O–H groups in total. The van der Waals surface area contributed by atoms with Crippen LogP contribution in [-0.4, -0.2) is 6.61 Å². The van der Waals surface area contributed by atoms with Crippen molar-refractivity contribution < 1.29 is 4.74 Å². The van der Waals surface area contributed by atoms with Crippen molar-refractivity contribution in [3.05, 3.63) is 65.7 Å². The Morgan fingerprint density at radius 3 is 2.11 bits per heavy atom. The normalized spacial score (nSPS) is 10.4. The molecule has 0 unspecified atom stereocenters. The van der Waals surface area contributed by atoms with Crippen molar-refractivity contribution in [2.75, 3.05) is 6.61 Å². The fourth-order valence-electron chi connectivity index (χ4n) is 1.87. The molecule has 2 nitrogen and oxygen atoms in total. The smallest absolute Gasteiger partial charge is 0.119 e. The summed E-state index contributed by atoms with van der Waals surface area (Å²) in [6.07, 6.45) is 1.04. The molecule has 0 amide bonds. The first-order chi connectivity index (χ1) is 9.38. The summed E-state index contributed by atoms with van der Waals surface area (Å²) in [6, 6.07) is 18.7. The average molecular weight is 255 g/mol. The highest BCUT2D eigenvalue weighted by Gasteiger charge is 1.96. The van der Waals surface area contributed by atoms with E-state index in [1.54, 1.807) is 0 Å². The van der Waals surface area contributed by atoms with Crippen LogP contribution in [0.25, 0.3) is 0 Å². The van der Waals surface area contributed by atoms with E-state index in [0.717, 1.165) is 31.9 Å². The van der Waals surface area contributed by atoms with E-state index in [1.165, 1.54) is 11.1 Å². The Kier molecular flexibility index (Phi) is 5.45. The summed E-state index contributed by atoms with van der Waals surface area (Å²) in [4.78, 5) is 0. The molecule has 0 aliphatic carbocycles. The Morgan fingerprint density at radius 1 is 0.842 bits per heavy atom. The third kappa shape index (κ3) is 4.76. The van der Waals surface area contributed by atoms with Crippen LogP contribution in [0.4, 0.5) is 0 Å². The molecule has 0 aliphatic heterocycles. The van der Waals surface area contributed by atoms with Gasteiger partial charge in [-0.15, -0.1) is 0 Å². The Balaban J connectivity index is 1.77. The zero-order valence-electron chi connectivity index (χ0n) is 11.4. The van der Waals surface area contributed by atoms with Gasteiger partial charge in [0.05, 0.1) is 6.61 Å². The van der Waals surface area contributed by atoms with Gasteiger partial charge in [0.15, 0.2) is 0 Å². The topological polar surface area (TPSA) is 21.3 Å². The van der Waals surface area contributed by atoms with Crippen LogP contribution in [0.2, 0.25) is 0 Å².